The van der Waals surface area contributed by atoms with E-state index in [1.165, 1.54) is 18.1 Å². The molecule has 6 nitrogen and oxygen atoms in total. The zero-order valence-electron chi connectivity index (χ0n) is 14.4. The molecular weight excluding hydrogens is 349 g/mol. The maximum Gasteiger partial charge on any atom is 0.435 e. The zero-order chi connectivity index (χ0) is 18.9. The van der Waals surface area contributed by atoms with E-state index < -0.39 is 17.9 Å². The second-order valence-electron chi connectivity index (χ2n) is 6.25. The molecule has 1 unspecified atom stereocenters. The number of fused-ring (bicyclic) bond motifs is 1. The average molecular weight is 368 g/mol. The Morgan fingerprint density at radius 2 is 2.12 bits per heavy atom. The summed E-state index contributed by atoms with van der Waals surface area (Å²) in [5.74, 6) is 0.710. The quantitative estimate of drug-likeness (QED) is 0.887. The maximum absolute atomic E-state index is 13.0. The number of hydrogen-bond donors (Lipinski definition) is 1. The Kier molecular flexibility index (Phi) is 4.80. The number of ether oxygens (including phenoxy) is 1. The van der Waals surface area contributed by atoms with Crippen LogP contribution in [0.5, 0.6) is 5.75 Å². The van der Waals surface area contributed by atoms with Crippen molar-refractivity contribution in [1.82, 2.24) is 20.0 Å². The highest BCUT2D eigenvalue weighted by Crippen LogP contribution is 2.30. The first-order chi connectivity index (χ1) is 12.2. The first-order valence-electron chi connectivity index (χ1n) is 8.11. The first kappa shape index (κ1) is 18.1. The van der Waals surface area contributed by atoms with Crippen LogP contribution in [0.4, 0.5) is 18.0 Å². The molecule has 0 saturated heterocycles. The first-order valence-corrected chi connectivity index (χ1v) is 8.11. The summed E-state index contributed by atoms with van der Waals surface area (Å²) in [5.41, 5.74) is -0.213. The van der Waals surface area contributed by atoms with E-state index in [9.17, 15) is 18.0 Å². The topological polar surface area (TPSA) is 59.4 Å². The van der Waals surface area contributed by atoms with Crippen LogP contribution in [-0.2, 0) is 26.3 Å². The molecule has 0 aliphatic carbocycles. The summed E-state index contributed by atoms with van der Waals surface area (Å²) < 4.78 is 45.9. The molecule has 0 fully saturated rings. The van der Waals surface area contributed by atoms with Crippen LogP contribution >= 0.6 is 0 Å². The molecular formula is C17H19F3N4O2. The molecule has 3 rings (SSSR count). The molecule has 9 heteroatoms. The Labute approximate surface area is 148 Å². The highest BCUT2D eigenvalue weighted by molar-refractivity contribution is 5.74. The molecule has 1 aromatic heterocycles. The molecule has 0 saturated carbocycles. The fourth-order valence-electron chi connectivity index (χ4n) is 2.93. The number of halogens is 3. The Balaban J connectivity index is 1.71. The lowest BCUT2D eigenvalue weighted by Crippen LogP contribution is -2.42. The van der Waals surface area contributed by atoms with E-state index in [2.05, 4.69) is 10.4 Å². The molecule has 0 radical (unpaired) electrons. The number of hydrogen-bond acceptors (Lipinski definition) is 3. The number of benzene rings is 1. The van der Waals surface area contributed by atoms with E-state index in [1.54, 1.807) is 0 Å². The second-order valence-corrected chi connectivity index (χ2v) is 6.25. The fourth-order valence-corrected chi connectivity index (χ4v) is 2.93. The zero-order valence-corrected chi connectivity index (χ0v) is 14.4. The Bertz CT molecular complexity index is 804. The number of carbonyl (C=O) groups excluding carboxylic acids is 1. The van der Waals surface area contributed by atoms with E-state index >= 15 is 0 Å². The summed E-state index contributed by atoms with van der Waals surface area (Å²) in [5, 5.41) is 5.99. The van der Waals surface area contributed by atoms with Crippen LogP contribution in [0.2, 0.25) is 0 Å². The van der Waals surface area contributed by atoms with Crippen molar-refractivity contribution < 1.29 is 22.7 Å². The van der Waals surface area contributed by atoms with Crippen LogP contribution < -0.4 is 10.1 Å². The summed E-state index contributed by atoms with van der Waals surface area (Å²) in [7, 11) is 1.41. The van der Waals surface area contributed by atoms with Gasteiger partial charge in [-0.1, -0.05) is 18.2 Å². The monoisotopic (exact) mass is 368 g/mol. The van der Waals surface area contributed by atoms with Gasteiger partial charge in [-0.25, -0.2) is 4.79 Å². The lowest BCUT2D eigenvalue weighted by Gasteiger charge is -2.22. The highest BCUT2D eigenvalue weighted by atomic mass is 19.4. The van der Waals surface area contributed by atoms with Gasteiger partial charge in [-0.3, -0.25) is 4.68 Å². The lowest BCUT2D eigenvalue weighted by molar-refractivity contribution is -0.142. The third-order valence-corrected chi connectivity index (χ3v) is 4.03. The number of carbonyl (C=O) groups is 1. The molecule has 0 bridgehead atoms. The number of para-hydroxylation sites is 1. The predicted octanol–water partition coefficient (Wildman–Crippen LogP) is 2.93. The van der Waals surface area contributed by atoms with Gasteiger partial charge in [0.15, 0.2) is 5.69 Å². The number of amides is 2. The van der Waals surface area contributed by atoms with Gasteiger partial charge in [0.25, 0.3) is 0 Å². The van der Waals surface area contributed by atoms with Gasteiger partial charge in [0.05, 0.1) is 13.1 Å². The van der Waals surface area contributed by atoms with Crippen LogP contribution in [0.15, 0.2) is 30.5 Å². The fraction of sp³-hybridized carbons (Fsp3) is 0.412. The maximum atomic E-state index is 13.0. The summed E-state index contributed by atoms with van der Waals surface area (Å²) in [6, 6.07) is 6.94. The Hall–Kier alpha value is -2.71. The Morgan fingerprint density at radius 3 is 2.85 bits per heavy atom. The molecule has 2 amide bonds. The van der Waals surface area contributed by atoms with E-state index in [1.807, 2.05) is 31.2 Å². The molecule has 26 heavy (non-hydrogen) atoms. The van der Waals surface area contributed by atoms with E-state index in [0.717, 1.165) is 10.2 Å². The van der Waals surface area contributed by atoms with Gasteiger partial charge in [-0.15, -0.1) is 0 Å². The SMILES string of the molecule is CC1CN(C(=O)NCc2cn(C)nc2C(F)(F)F)Cc2ccccc2O1. The van der Waals surface area contributed by atoms with Crippen molar-refractivity contribution in [2.75, 3.05) is 6.54 Å². The molecule has 1 N–H and O–H groups in total. The largest absolute Gasteiger partial charge is 0.489 e. The molecule has 1 aliphatic heterocycles. The second kappa shape index (κ2) is 6.89. The van der Waals surface area contributed by atoms with E-state index in [-0.39, 0.29) is 18.2 Å². The van der Waals surface area contributed by atoms with Gasteiger partial charge in [0.2, 0.25) is 0 Å². The molecule has 2 aromatic rings. The summed E-state index contributed by atoms with van der Waals surface area (Å²) >= 11 is 0. The van der Waals surface area contributed by atoms with E-state index in [4.69, 9.17) is 4.74 Å². The van der Waals surface area contributed by atoms with Gasteiger partial charge < -0.3 is 15.0 Å². The lowest BCUT2D eigenvalue weighted by atomic mass is 10.2. The van der Waals surface area contributed by atoms with Crippen molar-refractivity contribution in [3.8, 4) is 5.75 Å². The van der Waals surface area contributed by atoms with Crippen molar-refractivity contribution in [2.24, 2.45) is 7.05 Å². The smallest absolute Gasteiger partial charge is 0.435 e. The number of aryl methyl sites for hydroxylation is 1. The predicted molar refractivity (Wildman–Crippen MR) is 87.4 cm³/mol. The number of aromatic nitrogens is 2. The summed E-state index contributed by atoms with van der Waals surface area (Å²) in [4.78, 5) is 14.0. The third kappa shape index (κ3) is 3.92. The van der Waals surface area contributed by atoms with Gasteiger partial charge in [-0.2, -0.15) is 18.3 Å². The van der Waals surface area contributed by atoms with Crippen molar-refractivity contribution in [3.05, 3.63) is 47.3 Å². The normalized spacial score (nSPS) is 17.3. The number of nitrogens with one attached hydrogen (secondary N) is 1. The van der Waals surface area contributed by atoms with Crippen molar-refractivity contribution in [1.29, 1.82) is 0 Å². The Morgan fingerprint density at radius 1 is 1.38 bits per heavy atom. The summed E-state index contributed by atoms with van der Waals surface area (Å²) in [6.45, 7) is 2.24. The van der Waals surface area contributed by atoms with Gasteiger partial charge in [-0.05, 0) is 13.0 Å². The molecule has 0 spiro atoms. The molecule has 1 atom stereocenters. The number of rotatable bonds is 2. The molecule has 1 aliphatic rings. The van der Waals surface area contributed by atoms with Crippen LogP contribution in [-0.4, -0.2) is 33.4 Å². The summed E-state index contributed by atoms with van der Waals surface area (Å²) in [6.07, 6.45) is -3.54. The van der Waals surface area contributed by atoms with Crippen molar-refractivity contribution in [3.63, 3.8) is 0 Å². The molecule has 140 valence electrons. The van der Waals surface area contributed by atoms with Crippen LogP contribution in [0.3, 0.4) is 0 Å². The van der Waals surface area contributed by atoms with E-state index in [0.29, 0.717) is 18.8 Å². The number of alkyl halides is 3. The van der Waals surface area contributed by atoms with Gasteiger partial charge in [0.1, 0.15) is 11.9 Å². The minimum atomic E-state index is -4.56. The van der Waals surface area contributed by atoms with Crippen LogP contribution in [0, 0.1) is 0 Å². The van der Waals surface area contributed by atoms with Crippen molar-refractivity contribution in [2.45, 2.75) is 32.3 Å². The highest BCUT2D eigenvalue weighted by Gasteiger charge is 2.37. The van der Waals surface area contributed by atoms with Gasteiger partial charge >= 0.3 is 12.2 Å². The van der Waals surface area contributed by atoms with Crippen LogP contribution in [0.25, 0.3) is 0 Å². The van der Waals surface area contributed by atoms with Crippen molar-refractivity contribution >= 4 is 6.03 Å². The van der Waals surface area contributed by atoms with Crippen LogP contribution in [0.1, 0.15) is 23.7 Å². The molecule has 1 aromatic carbocycles. The standard InChI is InChI=1S/C17H19F3N4O2/c1-11-8-24(10-12-5-3-4-6-14(12)26-11)16(25)21-7-13-9-23(2)22-15(13)17(18,19)20/h3-6,9,11H,7-8,10H2,1-2H3,(H,21,25). The molecule has 2 heterocycles. The minimum absolute atomic E-state index is 0.0760. The average Bonchev–Trinajstić information content (AvgIpc) is 2.85. The van der Waals surface area contributed by atoms with Gasteiger partial charge in [0, 0.05) is 30.9 Å². The third-order valence-electron chi connectivity index (χ3n) is 4.03. The number of nitrogens with zero attached hydrogens (tertiary/aromatic N) is 3. The number of urea groups is 1. The minimum Gasteiger partial charge on any atom is -0.489 e.